The fraction of sp³-hybridized carbons (Fsp3) is 0.458. The fourth-order valence-electron chi connectivity index (χ4n) is 2.10. The molecule has 2 unspecified atom stereocenters. The molecule has 0 aromatic heterocycles. The van der Waals surface area contributed by atoms with Crippen molar-refractivity contribution in [2.45, 2.75) is 39.9 Å². The summed E-state index contributed by atoms with van der Waals surface area (Å²) in [5.41, 5.74) is 2.22. The summed E-state index contributed by atoms with van der Waals surface area (Å²) in [5, 5.41) is 9.71. The maximum Gasteiger partial charge on any atom is 1.00 e. The predicted octanol–water partition coefficient (Wildman–Crippen LogP) is 2.45. The minimum atomic E-state index is -0.505. The number of ether oxygens (including phenoxy) is 2. The van der Waals surface area contributed by atoms with Gasteiger partial charge in [0.25, 0.3) is 0 Å². The number of rotatable bonds is 6. The molecular formula is C24H36NaO4-. The van der Waals surface area contributed by atoms with Crippen LogP contribution < -0.4 is 29.6 Å². The molecule has 1 heterocycles. The number of benzene rings is 2. The molecule has 2 atom stereocenters. The Balaban J connectivity index is 0. The van der Waals surface area contributed by atoms with Gasteiger partial charge in [0.05, 0.1) is 13.2 Å². The van der Waals surface area contributed by atoms with Gasteiger partial charge in [-0.3, -0.25) is 0 Å². The van der Waals surface area contributed by atoms with Gasteiger partial charge in [0.1, 0.15) is 12.2 Å². The van der Waals surface area contributed by atoms with E-state index >= 15 is 0 Å². The van der Waals surface area contributed by atoms with Crippen molar-refractivity contribution in [3.63, 3.8) is 0 Å². The second-order valence-electron chi connectivity index (χ2n) is 7.48. The Morgan fingerprint density at radius 1 is 0.966 bits per heavy atom. The van der Waals surface area contributed by atoms with Crippen LogP contribution in [0.15, 0.2) is 60.7 Å². The molecule has 0 bridgehead atoms. The Morgan fingerprint density at radius 2 is 1.41 bits per heavy atom. The number of hydrogen-bond acceptors (Lipinski definition) is 4. The van der Waals surface area contributed by atoms with Crippen LogP contribution in [0.2, 0.25) is 0 Å². The molecule has 1 aliphatic heterocycles. The van der Waals surface area contributed by atoms with Crippen molar-refractivity contribution in [1.29, 1.82) is 0 Å². The van der Waals surface area contributed by atoms with Crippen LogP contribution >= 0.6 is 0 Å². The Kier molecular flexibility index (Phi) is 19.0. The third kappa shape index (κ3) is 16.7. The van der Waals surface area contributed by atoms with Crippen LogP contribution in [-0.4, -0.2) is 30.4 Å². The molecule has 4 nitrogen and oxygen atoms in total. The monoisotopic (exact) mass is 411 g/mol. The second-order valence-corrected chi connectivity index (χ2v) is 7.48. The van der Waals surface area contributed by atoms with Crippen molar-refractivity contribution >= 4 is 0 Å². The van der Waals surface area contributed by atoms with Gasteiger partial charge >= 0.3 is 29.6 Å². The van der Waals surface area contributed by atoms with E-state index < -0.39 is 6.10 Å². The second kappa shape index (κ2) is 18.1. The van der Waals surface area contributed by atoms with Crippen LogP contribution in [0.25, 0.3) is 0 Å². The van der Waals surface area contributed by atoms with E-state index in [-0.39, 0.29) is 35.0 Å². The molecular weight excluding hydrogens is 375 g/mol. The summed E-state index contributed by atoms with van der Waals surface area (Å²) in [7, 11) is 0. The molecule has 0 aliphatic carbocycles. The summed E-state index contributed by atoms with van der Waals surface area (Å²) in [5.74, 6) is 1.10. The first-order chi connectivity index (χ1) is 12.9. The number of epoxide rings is 1. The van der Waals surface area contributed by atoms with Crippen LogP contribution in [0, 0.1) is 18.8 Å². The topological polar surface area (TPSA) is 72.0 Å². The molecule has 1 saturated heterocycles. The van der Waals surface area contributed by atoms with E-state index in [1.807, 2.05) is 48.5 Å². The summed E-state index contributed by atoms with van der Waals surface area (Å²) in [6, 6.07) is 19.9. The minimum absolute atomic E-state index is 0. The van der Waals surface area contributed by atoms with E-state index in [2.05, 4.69) is 46.8 Å². The first-order valence-corrected chi connectivity index (χ1v) is 9.70. The Hall–Kier alpha value is -0.720. The van der Waals surface area contributed by atoms with Crippen molar-refractivity contribution in [2.24, 2.45) is 11.8 Å². The average molecular weight is 412 g/mol. The third-order valence-corrected chi connectivity index (χ3v) is 3.42. The van der Waals surface area contributed by atoms with E-state index in [1.165, 1.54) is 5.56 Å². The fourth-order valence-corrected chi connectivity index (χ4v) is 2.10. The van der Waals surface area contributed by atoms with Crippen LogP contribution in [0.3, 0.4) is 0 Å². The molecule has 0 saturated carbocycles. The number of aliphatic hydroxyl groups excluding tert-OH is 1. The maximum atomic E-state index is 9.71. The first-order valence-electron chi connectivity index (χ1n) is 9.70. The van der Waals surface area contributed by atoms with E-state index in [1.54, 1.807) is 0 Å². The Bertz CT molecular complexity index is 584. The van der Waals surface area contributed by atoms with Gasteiger partial charge in [0, 0.05) is 6.61 Å². The third-order valence-electron chi connectivity index (χ3n) is 3.42. The minimum Gasteiger partial charge on any atom is -0.870 e. The van der Waals surface area contributed by atoms with Crippen LogP contribution in [-0.2, 0) is 9.47 Å². The van der Waals surface area contributed by atoms with Crippen LogP contribution in [0.4, 0.5) is 0 Å². The van der Waals surface area contributed by atoms with Crippen LogP contribution in [0.5, 0.6) is 0 Å². The van der Waals surface area contributed by atoms with Gasteiger partial charge in [-0.25, -0.2) is 0 Å². The number of hydrogen-bond donors (Lipinski definition) is 1. The summed E-state index contributed by atoms with van der Waals surface area (Å²) < 4.78 is 10.5. The molecule has 158 valence electrons. The molecule has 2 N–H and O–H groups in total. The molecule has 0 radical (unpaired) electrons. The summed E-state index contributed by atoms with van der Waals surface area (Å²) in [6.07, 6.45) is -0.0962. The Morgan fingerprint density at radius 3 is 1.83 bits per heavy atom. The summed E-state index contributed by atoms with van der Waals surface area (Å²) >= 11 is 0. The SMILES string of the molecule is CC(C)COCC(O)c1ccccc1.[CH2-]C(C)C.[Na+].[OH-].c1ccc(C2CO2)cc1. The molecule has 0 spiro atoms. The van der Waals surface area contributed by atoms with Crippen molar-refractivity contribution in [3.8, 4) is 0 Å². The zero-order valence-electron chi connectivity index (χ0n) is 18.6. The van der Waals surface area contributed by atoms with Gasteiger partial charge in [-0.2, -0.15) is 5.92 Å². The first kappa shape index (κ1) is 30.5. The van der Waals surface area contributed by atoms with Crippen molar-refractivity contribution in [1.82, 2.24) is 0 Å². The van der Waals surface area contributed by atoms with E-state index in [4.69, 9.17) is 9.47 Å². The normalized spacial score (nSPS) is 15.0. The molecule has 3 rings (SSSR count). The van der Waals surface area contributed by atoms with Gasteiger partial charge in [0.2, 0.25) is 0 Å². The molecule has 2 aromatic carbocycles. The smallest absolute Gasteiger partial charge is 0.870 e. The van der Waals surface area contributed by atoms with Gasteiger partial charge in [-0.05, 0) is 17.0 Å². The van der Waals surface area contributed by atoms with Crippen molar-refractivity contribution in [3.05, 3.63) is 78.7 Å². The largest absolute Gasteiger partial charge is 1.00 e. The predicted molar refractivity (Wildman–Crippen MR) is 114 cm³/mol. The average Bonchev–Trinajstić information content (AvgIpc) is 3.48. The van der Waals surface area contributed by atoms with Gasteiger partial charge in [-0.15, -0.1) is 0 Å². The molecule has 1 aliphatic rings. The molecule has 2 aromatic rings. The molecule has 29 heavy (non-hydrogen) atoms. The van der Waals surface area contributed by atoms with E-state index in [0.29, 0.717) is 31.2 Å². The standard InChI is InChI=1S/C12H18O2.C8H8O.C4H9.Na.H2O/c1-10(2)8-14-9-12(13)11-6-4-3-5-7-11;1-2-4-7(5-3-1)8-6-9-8;1-4(2)3;;/h3-7,10,12-13H,8-9H2,1-2H3;1-5,8H,6H2;4H,1H2,2-3H3;;1H2/q;;-1;+1;/p-1. The van der Waals surface area contributed by atoms with Crippen LogP contribution in [0.1, 0.15) is 51.0 Å². The maximum absolute atomic E-state index is 9.71. The molecule has 1 fully saturated rings. The quantitative estimate of drug-likeness (QED) is 0.450. The zero-order valence-corrected chi connectivity index (χ0v) is 20.6. The molecule has 0 amide bonds. The summed E-state index contributed by atoms with van der Waals surface area (Å²) in [4.78, 5) is 0. The Labute approximate surface area is 199 Å². The molecule has 5 heteroatoms. The number of aliphatic hydroxyl groups is 1. The summed E-state index contributed by atoms with van der Waals surface area (Å²) in [6.45, 7) is 13.9. The van der Waals surface area contributed by atoms with Gasteiger partial charge < -0.3 is 27.0 Å². The van der Waals surface area contributed by atoms with Crippen molar-refractivity contribution < 1.29 is 49.6 Å². The van der Waals surface area contributed by atoms with Gasteiger partial charge in [0.15, 0.2) is 0 Å². The van der Waals surface area contributed by atoms with Gasteiger partial charge in [-0.1, -0.05) is 88.4 Å². The zero-order chi connectivity index (χ0) is 20.1. The van der Waals surface area contributed by atoms with Crippen molar-refractivity contribution in [2.75, 3.05) is 19.8 Å². The van der Waals surface area contributed by atoms with E-state index in [0.717, 1.165) is 12.2 Å². The van der Waals surface area contributed by atoms with E-state index in [9.17, 15) is 5.11 Å².